The van der Waals surface area contributed by atoms with E-state index in [1.807, 2.05) is 0 Å². The molecule has 0 aliphatic carbocycles. The molecule has 0 unspecified atom stereocenters. The Morgan fingerprint density at radius 3 is 1.14 bits per heavy atom. The van der Waals surface area contributed by atoms with Crippen LogP contribution in [0.2, 0.25) is 0 Å². The fourth-order valence-corrected chi connectivity index (χ4v) is 3.08. The van der Waals surface area contributed by atoms with E-state index < -0.39 is 0 Å². The molecule has 0 aromatic heterocycles. The summed E-state index contributed by atoms with van der Waals surface area (Å²) in [5.74, 6) is 0. The average molecular weight is 387 g/mol. The van der Waals surface area contributed by atoms with E-state index >= 15 is 0 Å². The summed E-state index contributed by atoms with van der Waals surface area (Å²) >= 11 is 0. The van der Waals surface area contributed by atoms with Crippen LogP contribution in [0.3, 0.4) is 0 Å². The largest absolute Gasteiger partial charge is 0.396 e. The summed E-state index contributed by atoms with van der Waals surface area (Å²) < 4.78 is 0. The summed E-state index contributed by atoms with van der Waals surface area (Å²) in [6.07, 6.45) is 23.0. The second kappa shape index (κ2) is 17.7. The van der Waals surface area contributed by atoms with Crippen LogP contribution in [0.1, 0.15) is 106 Å². The third-order valence-electron chi connectivity index (χ3n) is 5.04. The van der Waals surface area contributed by atoms with E-state index in [-0.39, 0.29) is 0 Å². The molecule has 0 aliphatic rings. The molecule has 0 fully saturated rings. The lowest BCUT2D eigenvalue weighted by Crippen LogP contribution is -1.84. The van der Waals surface area contributed by atoms with Gasteiger partial charge in [0.25, 0.3) is 0 Å². The molecule has 1 nitrogen and oxygen atoms in total. The summed E-state index contributed by atoms with van der Waals surface area (Å²) in [6.45, 7) is 13.6. The molecule has 0 spiro atoms. The summed E-state index contributed by atoms with van der Waals surface area (Å²) in [5.41, 5.74) is 7.40. The Hall–Kier alpha value is -1.34. The lowest BCUT2D eigenvalue weighted by molar-refractivity contribution is 0.289. The van der Waals surface area contributed by atoms with Crippen LogP contribution in [0.5, 0.6) is 0 Å². The average Bonchev–Trinajstić information content (AvgIpc) is 2.61. The van der Waals surface area contributed by atoms with Crippen LogP contribution in [0.4, 0.5) is 0 Å². The van der Waals surface area contributed by atoms with E-state index in [0.717, 1.165) is 32.1 Å². The van der Waals surface area contributed by atoms with E-state index in [0.29, 0.717) is 6.61 Å². The highest BCUT2D eigenvalue weighted by Crippen LogP contribution is 2.15. The fourth-order valence-electron chi connectivity index (χ4n) is 3.08. The molecule has 1 heteroatoms. The van der Waals surface area contributed by atoms with Gasteiger partial charge in [-0.25, -0.2) is 0 Å². The van der Waals surface area contributed by atoms with Crippen molar-refractivity contribution in [2.24, 2.45) is 0 Å². The van der Waals surface area contributed by atoms with Crippen LogP contribution in [-0.2, 0) is 0 Å². The normalized spacial score (nSPS) is 13.8. The SMILES string of the molecule is CC(C)=CCCC(C)=CCCC(C)=CCCC(C)=CCCC(C)=CCCCO. The van der Waals surface area contributed by atoms with Gasteiger partial charge in [-0.2, -0.15) is 0 Å². The number of rotatable bonds is 15. The van der Waals surface area contributed by atoms with Gasteiger partial charge in [0.2, 0.25) is 0 Å². The van der Waals surface area contributed by atoms with Crippen LogP contribution in [-0.4, -0.2) is 11.7 Å². The van der Waals surface area contributed by atoms with Gasteiger partial charge in [0, 0.05) is 6.61 Å². The standard InChI is InChI=1S/C27H46O/c1-23(2)13-9-15-25(4)17-11-19-27(6)21-12-20-26(5)18-10-16-24(3)14-7-8-22-28/h13-14,17-18,21,28H,7-12,15-16,19-20,22H2,1-6H3. The zero-order valence-corrected chi connectivity index (χ0v) is 19.6. The molecule has 0 aromatic rings. The molecule has 0 heterocycles. The third-order valence-corrected chi connectivity index (χ3v) is 5.04. The molecule has 0 atom stereocenters. The minimum Gasteiger partial charge on any atom is -0.396 e. The van der Waals surface area contributed by atoms with Gasteiger partial charge in [0.1, 0.15) is 0 Å². The van der Waals surface area contributed by atoms with Crippen LogP contribution in [0, 0.1) is 0 Å². The molecule has 28 heavy (non-hydrogen) atoms. The molecule has 0 radical (unpaired) electrons. The topological polar surface area (TPSA) is 20.2 Å². The van der Waals surface area contributed by atoms with Gasteiger partial charge in [-0.1, -0.05) is 58.2 Å². The second-order valence-corrected chi connectivity index (χ2v) is 8.50. The number of hydrogen-bond acceptors (Lipinski definition) is 1. The molecule has 0 aliphatic heterocycles. The van der Waals surface area contributed by atoms with E-state index in [2.05, 4.69) is 71.9 Å². The smallest absolute Gasteiger partial charge is 0.0433 e. The van der Waals surface area contributed by atoms with Gasteiger partial charge >= 0.3 is 0 Å². The molecule has 0 saturated heterocycles. The Bertz CT molecular complexity index is 551. The second-order valence-electron chi connectivity index (χ2n) is 8.50. The zero-order chi connectivity index (χ0) is 21.2. The van der Waals surface area contributed by atoms with Crippen molar-refractivity contribution in [3.8, 4) is 0 Å². The molecular weight excluding hydrogens is 340 g/mol. The highest BCUT2D eigenvalue weighted by molar-refractivity contribution is 5.08. The molecule has 0 aromatic carbocycles. The summed E-state index contributed by atoms with van der Waals surface area (Å²) in [7, 11) is 0. The summed E-state index contributed by atoms with van der Waals surface area (Å²) in [4.78, 5) is 0. The molecular formula is C27H46O. The first-order valence-corrected chi connectivity index (χ1v) is 11.2. The molecule has 0 amide bonds. The Morgan fingerprint density at radius 2 is 0.821 bits per heavy atom. The number of allylic oxidation sites excluding steroid dienone is 10. The highest BCUT2D eigenvalue weighted by atomic mass is 16.2. The lowest BCUT2D eigenvalue weighted by atomic mass is 10.0. The zero-order valence-electron chi connectivity index (χ0n) is 19.6. The minimum atomic E-state index is 0.294. The third kappa shape index (κ3) is 18.0. The maximum absolute atomic E-state index is 8.82. The first kappa shape index (κ1) is 26.7. The summed E-state index contributed by atoms with van der Waals surface area (Å²) in [6, 6.07) is 0. The van der Waals surface area contributed by atoms with Gasteiger partial charge in [0.15, 0.2) is 0 Å². The Labute approximate surface area is 176 Å². The number of unbranched alkanes of at least 4 members (excludes halogenated alkanes) is 1. The van der Waals surface area contributed by atoms with Crippen molar-refractivity contribution in [2.45, 2.75) is 106 Å². The first-order valence-electron chi connectivity index (χ1n) is 11.2. The van der Waals surface area contributed by atoms with Crippen LogP contribution in [0.15, 0.2) is 58.2 Å². The number of aliphatic hydroxyl groups is 1. The Kier molecular flexibility index (Phi) is 16.9. The molecule has 0 rings (SSSR count). The van der Waals surface area contributed by atoms with E-state index in [4.69, 9.17) is 5.11 Å². The van der Waals surface area contributed by atoms with Crippen LogP contribution in [0.25, 0.3) is 0 Å². The van der Waals surface area contributed by atoms with Crippen molar-refractivity contribution < 1.29 is 5.11 Å². The fraction of sp³-hybridized carbons (Fsp3) is 0.630. The van der Waals surface area contributed by atoms with Gasteiger partial charge in [-0.3, -0.25) is 0 Å². The van der Waals surface area contributed by atoms with E-state index in [9.17, 15) is 0 Å². The molecule has 0 saturated carbocycles. The monoisotopic (exact) mass is 386 g/mol. The molecule has 0 bridgehead atoms. The van der Waals surface area contributed by atoms with E-state index in [1.54, 1.807) is 0 Å². The highest BCUT2D eigenvalue weighted by Gasteiger charge is 1.94. The first-order chi connectivity index (χ1) is 13.3. The maximum Gasteiger partial charge on any atom is 0.0433 e. The molecule has 1 N–H and O–H groups in total. The van der Waals surface area contributed by atoms with Crippen LogP contribution < -0.4 is 0 Å². The summed E-state index contributed by atoms with van der Waals surface area (Å²) in [5, 5.41) is 8.82. The van der Waals surface area contributed by atoms with Crippen molar-refractivity contribution in [1.29, 1.82) is 0 Å². The number of hydrogen-bond donors (Lipinski definition) is 1. The van der Waals surface area contributed by atoms with Gasteiger partial charge in [-0.05, 0) is 106 Å². The quantitative estimate of drug-likeness (QED) is 0.220. The maximum atomic E-state index is 8.82. The molecule has 160 valence electrons. The van der Waals surface area contributed by atoms with Crippen molar-refractivity contribution in [2.75, 3.05) is 6.61 Å². The van der Waals surface area contributed by atoms with Crippen molar-refractivity contribution in [3.63, 3.8) is 0 Å². The van der Waals surface area contributed by atoms with Crippen LogP contribution >= 0.6 is 0 Å². The van der Waals surface area contributed by atoms with Crippen molar-refractivity contribution in [3.05, 3.63) is 58.2 Å². The van der Waals surface area contributed by atoms with Gasteiger partial charge in [-0.15, -0.1) is 0 Å². The van der Waals surface area contributed by atoms with Gasteiger partial charge < -0.3 is 5.11 Å². The Morgan fingerprint density at radius 1 is 0.500 bits per heavy atom. The van der Waals surface area contributed by atoms with Gasteiger partial charge in [0.05, 0.1) is 0 Å². The number of aliphatic hydroxyl groups excluding tert-OH is 1. The lowest BCUT2D eigenvalue weighted by Gasteiger charge is -2.03. The predicted octanol–water partition coefficient (Wildman–Crippen LogP) is 8.63. The Balaban J connectivity index is 4.03. The predicted molar refractivity (Wildman–Crippen MR) is 128 cm³/mol. The van der Waals surface area contributed by atoms with E-state index in [1.165, 1.54) is 60.0 Å². The van der Waals surface area contributed by atoms with Crippen molar-refractivity contribution in [1.82, 2.24) is 0 Å². The van der Waals surface area contributed by atoms with Crippen molar-refractivity contribution >= 4 is 0 Å². The minimum absolute atomic E-state index is 0.294.